The maximum Gasteiger partial charge on any atom is 0.259 e. The molecule has 1 unspecified atom stereocenters. The lowest BCUT2D eigenvalue weighted by molar-refractivity contribution is 0.496. The number of hydrogen-bond acceptors (Lipinski definition) is 5. The number of nitrogens with zero attached hydrogens (tertiary/aromatic N) is 4. The first-order valence-electron chi connectivity index (χ1n) is 10.5. The number of nitriles is 1. The predicted octanol–water partition coefficient (Wildman–Crippen LogP) is 3.26. The minimum absolute atomic E-state index is 0.0915. The normalized spacial score (nSPS) is 16.4. The van der Waals surface area contributed by atoms with Crippen molar-refractivity contribution in [2.75, 3.05) is 18.0 Å². The third kappa shape index (κ3) is 4.73. The third-order valence-electron chi connectivity index (χ3n) is 5.57. The fourth-order valence-corrected chi connectivity index (χ4v) is 3.96. The zero-order valence-electron chi connectivity index (χ0n) is 17.3. The van der Waals surface area contributed by atoms with Crippen molar-refractivity contribution in [3.63, 3.8) is 0 Å². The van der Waals surface area contributed by atoms with Crippen LogP contribution in [0.3, 0.4) is 0 Å². The summed E-state index contributed by atoms with van der Waals surface area (Å²) in [6.07, 6.45) is 9.15. The van der Waals surface area contributed by atoms with Gasteiger partial charge in [-0.3, -0.25) is 14.3 Å². The Balaban J connectivity index is 1.76. The number of anilines is 1. The van der Waals surface area contributed by atoms with Crippen LogP contribution in [0.25, 0.3) is 12.2 Å². The van der Waals surface area contributed by atoms with E-state index in [2.05, 4.69) is 16.0 Å². The summed E-state index contributed by atoms with van der Waals surface area (Å²) in [4.78, 5) is 19.8. The highest BCUT2D eigenvalue weighted by molar-refractivity contribution is 5.69. The zero-order chi connectivity index (χ0) is 21.6. The largest absolute Gasteiger partial charge is 0.356 e. The Kier molecular flexibility index (Phi) is 6.25. The topological polar surface area (TPSA) is 87.9 Å². The van der Waals surface area contributed by atoms with Crippen molar-refractivity contribution in [3.05, 3.63) is 93.5 Å². The van der Waals surface area contributed by atoms with Gasteiger partial charge in [-0.25, -0.2) is 0 Å². The Morgan fingerprint density at radius 3 is 2.81 bits per heavy atom. The van der Waals surface area contributed by atoms with Gasteiger partial charge < -0.3 is 10.6 Å². The molecule has 6 heteroatoms. The molecule has 2 N–H and O–H groups in total. The van der Waals surface area contributed by atoms with Crippen molar-refractivity contribution in [1.29, 1.82) is 5.26 Å². The molecule has 1 aromatic carbocycles. The lowest BCUT2D eigenvalue weighted by Gasteiger charge is -2.34. The van der Waals surface area contributed by atoms with Gasteiger partial charge in [0.15, 0.2) is 0 Å². The van der Waals surface area contributed by atoms with E-state index in [0.717, 1.165) is 36.3 Å². The molecule has 0 amide bonds. The lowest BCUT2D eigenvalue weighted by Crippen LogP contribution is -2.45. The van der Waals surface area contributed by atoms with E-state index in [0.29, 0.717) is 24.2 Å². The average Bonchev–Trinajstić information content (AvgIpc) is 2.80. The van der Waals surface area contributed by atoms with Crippen LogP contribution in [0.5, 0.6) is 0 Å². The van der Waals surface area contributed by atoms with E-state index in [9.17, 15) is 10.1 Å². The Labute approximate surface area is 181 Å². The molecule has 1 aliphatic rings. The molecular formula is C25H25N5O. The van der Waals surface area contributed by atoms with Gasteiger partial charge in [0.05, 0.1) is 18.2 Å². The van der Waals surface area contributed by atoms with E-state index in [1.807, 2.05) is 54.6 Å². The number of aromatic nitrogens is 2. The van der Waals surface area contributed by atoms with E-state index >= 15 is 0 Å². The van der Waals surface area contributed by atoms with Gasteiger partial charge in [-0.2, -0.15) is 5.26 Å². The van der Waals surface area contributed by atoms with Crippen LogP contribution in [0, 0.1) is 11.3 Å². The molecule has 6 nitrogen and oxygen atoms in total. The van der Waals surface area contributed by atoms with Crippen molar-refractivity contribution in [2.24, 2.45) is 5.73 Å². The molecule has 0 spiro atoms. The SMILES string of the molecule is N#Cc1ccccc1Cn1c(N2CCCC(N)C2)ccc(/C=C/c2cccnc2)c1=O. The Morgan fingerprint density at radius 2 is 2.03 bits per heavy atom. The summed E-state index contributed by atoms with van der Waals surface area (Å²) in [6, 6.07) is 17.4. The minimum Gasteiger partial charge on any atom is -0.356 e. The van der Waals surface area contributed by atoms with Crippen molar-refractivity contribution in [2.45, 2.75) is 25.4 Å². The molecule has 3 heterocycles. The summed E-state index contributed by atoms with van der Waals surface area (Å²) < 4.78 is 1.76. The molecule has 31 heavy (non-hydrogen) atoms. The van der Waals surface area contributed by atoms with Crippen molar-refractivity contribution in [1.82, 2.24) is 9.55 Å². The van der Waals surface area contributed by atoms with Crippen LogP contribution in [-0.4, -0.2) is 28.7 Å². The Morgan fingerprint density at radius 1 is 1.16 bits per heavy atom. The van der Waals surface area contributed by atoms with Crippen LogP contribution < -0.4 is 16.2 Å². The molecule has 1 saturated heterocycles. The molecule has 1 fully saturated rings. The second-order valence-corrected chi connectivity index (χ2v) is 7.78. The molecule has 0 saturated carbocycles. The standard InChI is InChI=1S/C25H25N5O/c26-15-21-6-1-2-7-22(21)17-30-24(29-14-4-8-23(27)18-29)12-11-20(25(30)31)10-9-19-5-3-13-28-16-19/h1-3,5-7,9-13,16,23H,4,8,14,17-18,27H2/b10-9+. The molecule has 0 radical (unpaired) electrons. The van der Waals surface area contributed by atoms with E-state index in [1.165, 1.54) is 0 Å². The van der Waals surface area contributed by atoms with Crippen LogP contribution in [0.2, 0.25) is 0 Å². The van der Waals surface area contributed by atoms with Crippen molar-refractivity contribution >= 4 is 18.0 Å². The molecule has 4 rings (SSSR count). The van der Waals surface area contributed by atoms with Gasteiger partial charge in [0.25, 0.3) is 5.56 Å². The summed E-state index contributed by atoms with van der Waals surface area (Å²) in [5, 5.41) is 9.50. The second kappa shape index (κ2) is 9.41. The van der Waals surface area contributed by atoms with Crippen molar-refractivity contribution in [3.8, 4) is 6.07 Å². The summed E-state index contributed by atoms with van der Waals surface area (Å²) in [5.74, 6) is 0.839. The number of benzene rings is 1. The zero-order valence-corrected chi connectivity index (χ0v) is 17.3. The Hall–Kier alpha value is -3.69. The second-order valence-electron chi connectivity index (χ2n) is 7.78. The van der Waals surface area contributed by atoms with Gasteiger partial charge >= 0.3 is 0 Å². The monoisotopic (exact) mass is 411 g/mol. The molecule has 0 bridgehead atoms. The number of rotatable bonds is 5. The first-order valence-corrected chi connectivity index (χ1v) is 10.5. The van der Waals surface area contributed by atoms with Gasteiger partial charge in [0, 0.05) is 37.1 Å². The molecular weight excluding hydrogens is 386 g/mol. The van der Waals surface area contributed by atoms with Gasteiger partial charge in [0.1, 0.15) is 5.82 Å². The average molecular weight is 412 g/mol. The van der Waals surface area contributed by atoms with Gasteiger partial charge in [-0.15, -0.1) is 0 Å². The Bertz CT molecular complexity index is 1180. The maximum atomic E-state index is 13.5. The quantitative estimate of drug-likeness (QED) is 0.696. The van der Waals surface area contributed by atoms with E-state index in [1.54, 1.807) is 23.0 Å². The lowest BCUT2D eigenvalue weighted by atomic mass is 10.1. The number of pyridine rings is 2. The van der Waals surface area contributed by atoms with Crippen LogP contribution in [0.15, 0.2) is 65.7 Å². The maximum absolute atomic E-state index is 13.5. The van der Waals surface area contributed by atoms with E-state index < -0.39 is 0 Å². The molecule has 1 atom stereocenters. The molecule has 0 aliphatic carbocycles. The summed E-state index contributed by atoms with van der Waals surface area (Å²) in [6.45, 7) is 1.90. The predicted molar refractivity (Wildman–Crippen MR) is 124 cm³/mol. The molecule has 156 valence electrons. The smallest absolute Gasteiger partial charge is 0.259 e. The highest BCUT2D eigenvalue weighted by Crippen LogP contribution is 2.21. The van der Waals surface area contributed by atoms with Gasteiger partial charge in [0.2, 0.25) is 0 Å². The third-order valence-corrected chi connectivity index (χ3v) is 5.57. The van der Waals surface area contributed by atoms with E-state index in [-0.39, 0.29) is 11.6 Å². The molecule has 1 aliphatic heterocycles. The van der Waals surface area contributed by atoms with Crippen LogP contribution in [0.1, 0.15) is 35.1 Å². The number of piperidine rings is 1. The summed E-state index contributed by atoms with van der Waals surface area (Å²) in [5.41, 5.74) is 9.02. The van der Waals surface area contributed by atoms with Crippen LogP contribution in [-0.2, 0) is 6.54 Å². The van der Waals surface area contributed by atoms with E-state index in [4.69, 9.17) is 5.73 Å². The van der Waals surface area contributed by atoms with Gasteiger partial charge in [-0.05, 0) is 54.3 Å². The first kappa shape index (κ1) is 20.6. The van der Waals surface area contributed by atoms with Crippen LogP contribution >= 0.6 is 0 Å². The number of hydrogen-bond donors (Lipinski definition) is 1. The highest BCUT2D eigenvalue weighted by atomic mass is 16.1. The van der Waals surface area contributed by atoms with Gasteiger partial charge in [-0.1, -0.05) is 30.3 Å². The van der Waals surface area contributed by atoms with Crippen LogP contribution in [0.4, 0.5) is 5.82 Å². The number of nitrogens with two attached hydrogens (primary N) is 1. The minimum atomic E-state index is -0.0930. The highest BCUT2D eigenvalue weighted by Gasteiger charge is 2.21. The first-order chi connectivity index (χ1) is 15.2. The summed E-state index contributed by atoms with van der Waals surface area (Å²) in [7, 11) is 0. The fourth-order valence-electron chi connectivity index (χ4n) is 3.96. The molecule has 2 aromatic heterocycles. The summed E-state index contributed by atoms with van der Waals surface area (Å²) >= 11 is 0. The molecule has 3 aromatic rings. The fraction of sp³-hybridized carbons (Fsp3) is 0.240. The van der Waals surface area contributed by atoms with Crippen molar-refractivity contribution < 1.29 is 0 Å².